The van der Waals surface area contributed by atoms with Gasteiger partial charge in [0.05, 0.1) is 26.9 Å². The number of hydrogen-bond donors (Lipinski definition) is 3. The van der Waals surface area contributed by atoms with Crippen molar-refractivity contribution in [2.75, 3.05) is 20.3 Å². The zero-order valence-corrected chi connectivity index (χ0v) is 15.1. The minimum Gasteiger partial charge on any atom is -0.467 e. The Balaban J connectivity index is 2.07. The van der Waals surface area contributed by atoms with Crippen LogP contribution in [0.15, 0.2) is 30.3 Å². The van der Waals surface area contributed by atoms with Crippen LogP contribution in [0.5, 0.6) is 0 Å². The number of rotatable bonds is 8. The van der Waals surface area contributed by atoms with Crippen LogP contribution in [0.25, 0.3) is 0 Å². The molecule has 2 rings (SSSR count). The molecule has 0 aliphatic carbocycles. The van der Waals surface area contributed by atoms with Gasteiger partial charge in [0.15, 0.2) is 5.79 Å². The second kappa shape index (κ2) is 8.43. The van der Waals surface area contributed by atoms with E-state index in [1.54, 1.807) is 13.8 Å². The van der Waals surface area contributed by atoms with E-state index in [0.29, 0.717) is 6.61 Å². The van der Waals surface area contributed by atoms with Crippen LogP contribution < -0.4 is 0 Å². The molecular formula is C18H26O8. The number of aliphatic hydroxyl groups is 3. The second-order valence-electron chi connectivity index (χ2n) is 6.66. The Morgan fingerprint density at radius 2 is 1.96 bits per heavy atom. The maximum atomic E-state index is 11.8. The SMILES string of the molecule is COC(=O)[C@](O)(CO)[C@@H](O)[C@@H]1OC(C)(C)O[C@H]1COCc1ccccc1. The van der Waals surface area contributed by atoms with Gasteiger partial charge in [0.2, 0.25) is 5.60 Å². The molecule has 1 aromatic carbocycles. The zero-order valence-electron chi connectivity index (χ0n) is 15.1. The lowest BCUT2D eigenvalue weighted by atomic mass is 9.91. The molecular weight excluding hydrogens is 344 g/mol. The van der Waals surface area contributed by atoms with Crippen LogP contribution in [-0.4, -0.2) is 71.3 Å². The summed E-state index contributed by atoms with van der Waals surface area (Å²) >= 11 is 0. The van der Waals surface area contributed by atoms with Crippen LogP contribution in [0.1, 0.15) is 19.4 Å². The minimum absolute atomic E-state index is 0.0583. The molecule has 0 aromatic heterocycles. The molecule has 8 heteroatoms. The summed E-state index contributed by atoms with van der Waals surface area (Å²) in [7, 11) is 1.05. The van der Waals surface area contributed by atoms with Gasteiger partial charge in [-0.1, -0.05) is 30.3 Å². The highest BCUT2D eigenvalue weighted by atomic mass is 16.8. The maximum Gasteiger partial charge on any atom is 0.343 e. The average Bonchev–Trinajstić information content (AvgIpc) is 2.95. The average molecular weight is 370 g/mol. The van der Waals surface area contributed by atoms with Gasteiger partial charge in [0.1, 0.15) is 18.3 Å². The van der Waals surface area contributed by atoms with Crippen LogP contribution in [0.2, 0.25) is 0 Å². The number of esters is 1. The number of ether oxygens (including phenoxy) is 4. The van der Waals surface area contributed by atoms with E-state index in [0.717, 1.165) is 12.7 Å². The van der Waals surface area contributed by atoms with Crippen molar-refractivity contribution in [3.8, 4) is 0 Å². The predicted octanol–water partition coefficient (Wildman–Crippen LogP) is -0.0194. The van der Waals surface area contributed by atoms with Crippen LogP contribution in [0, 0.1) is 0 Å². The Labute approximate surface area is 152 Å². The number of hydrogen-bond acceptors (Lipinski definition) is 8. The fourth-order valence-corrected chi connectivity index (χ4v) is 2.85. The Bertz CT molecular complexity index is 590. The highest BCUT2D eigenvalue weighted by Gasteiger charge is 2.55. The molecule has 0 bridgehead atoms. The van der Waals surface area contributed by atoms with Crippen molar-refractivity contribution in [3.63, 3.8) is 0 Å². The normalized spacial score (nSPS) is 25.5. The third kappa shape index (κ3) is 4.59. The van der Waals surface area contributed by atoms with E-state index in [1.165, 1.54) is 0 Å². The molecule has 1 heterocycles. The van der Waals surface area contributed by atoms with E-state index in [-0.39, 0.29) is 6.61 Å². The molecule has 8 nitrogen and oxygen atoms in total. The molecule has 0 spiro atoms. The van der Waals surface area contributed by atoms with Gasteiger partial charge in [0.25, 0.3) is 0 Å². The van der Waals surface area contributed by atoms with Gasteiger partial charge in [-0.25, -0.2) is 4.79 Å². The minimum atomic E-state index is -2.53. The molecule has 0 unspecified atom stereocenters. The third-order valence-electron chi connectivity index (χ3n) is 4.20. The number of carbonyl (C=O) groups excluding carboxylic acids is 1. The molecule has 0 radical (unpaired) electrons. The summed E-state index contributed by atoms with van der Waals surface area (Å²) in [6, 6.07) is 9.49. The van der Waals surface area contributed by atoms with Gasteiger partial charge in [0, 0.05) is 0 Å². The lowest BCUT2D eigenvalue weighted by Gasteiger charge is -2.33. The topological polar surface area (TPSA) is 115 Å². The number of benzene rings is 1. The largest absolute Gasteiger partial charge is 0.467 e. The van der Waals surface area contributed by atoms with E-state index in [4.69, 9.17) is 14.2 Å². The van der Waals surface area contributed by atoms with E-state index >= 15 is 0 Å². The van der Waals surface area contributed by atoms with Crippen LogP contribution in [0.3, 0.4) is 0 Å². The number of methoxy groups -OCH3 is 1. The molecule has 0 saturated carbocycles. The highest BCUT2D eigenvalue weighted by molar-refractivity contribution is 5.80. The summed E-state index contributed by atoms with van der Waals surface area (Å²) in [5.41, 5.74) is -1.56. The molecule has 1 saturated heterocycles. The monoisotopic (exact) mass is 370 g/mol. The lowest BCUT2D eigenvalue weighted by Crippen LogP contribution is -2.60. The number of carbonyl (C=O) groups is 1. The molecule has 1 aliphatic rings. The van der Waals surface area contributed by atoms with Crippen molar-refractivity contribution >= 4 is 5.97 Å². The quantitative estimate of drug-likeness (QED) is 0.547. The molecule has 146 valence electrons. The molecule has 1 aromatic rings. The summed E-state index contributed by atoms with van der Waals surface area (Å²) < 4.78 is 21.5. The summed E-state index contributed by atoms with van der Waals surface area (Å²) in [5.74, 6) is -2.22. The van der Waals surface area contributed by atoms with Crippen molar-refractivity contribution in [1.82, 2.24) is 0 Å². The first-order valence-corrected chi connectivity index (χ1v) is 8.30. The maximum absolute atomic E-state index is 11.8. The summed E-state index contributed by atoms with van der Waals surface area (Å²) in [6.45, 7) is 2.63. The van der Waals surface area contributed by atoms with Crippen molar-refractivity contribution in [2.24, 2.45) is 0 Å². The highest BCUT2D eigenvalue weighted by Crippen LogP contribution is 2.33. The van der Waals surface area contributed by atoms with E-state index in [1.807, 2.05) is 30.3 Å². The van der Waals surface area contributed by atoms with Crippen molar-refractivity contribution in [1.29, 1.82) is 0 Å². The zero-order chi connectivity index (χ0) is 19.4. The number of aliphatic hydroxyl groups excluding tert-OH is 2. The Hall–Kier alpha value is -1.55. The fourth-order valence-electron chi connectivity index (χ4n) is 2.85. The molecule has 0 amide bonds. The Morgan fingerprint density at radius 1 is 1.31 bits per heavy atom. The van der Waals surface area contributed by atoms with Gasteiger partial charge in [-0.05, 0) is 19.4 Å². The van der Waals surface area contributed by atoms with Crippen molar-refractivity contribution in [2.45, 2.75) is 50.2 Å². The lowest BCUT2D eigenvalue weighted by molar-refractivity contribution is -0.204. The standard InChI is InChI=1S/C18H26O8/c1-17(2)25-13(10-24-9-12-7-5-4-6-8-12)14(26-17)15(20)18(22,11-19)16(21)23-3/h4-8,13-15,19-20,22H,9-11H2,1-3H3/t13-,14+,15-,18-/m0/s1. The first kappa shape index (κ1) is 20.8. The summed E-state index contributed by atoms with van der Waals surface area (Å²) in [6.07, 6.45) is -3.63. The molecule has 4 atom stereocenters. The van der Waals surface area contributed by atoms with Gasteiger partial charge >= 0.3 is 5.97 Å². The van der Waals surface area contributed by atoms with Gasteiger partial charge in [-0.2, -0.15) is 0 Å². The smallest absolute Gasteiger partial charge is 0.343 e. The molecule has 1 fully saturated rings. The molecule has 3 N–H and O–H groups in total. The summed E-state index contributed by atoms with van der Waals surface area (Å²) in [4.78, 5) is 11.8. The van der Waals surface area contributed by atoms with Gasteiger partial charge in [-0.15, -0.1) is 0 Å². The van der Waals surface area contributed by atoms with E-state index in [9.17, 15) is 20.1 Å². The third-order valence-corrected chi connectivity index (χ3v) is 4.20. The Morgan fingerprint density at radius 3 is 2.54 bits per heavy atom. The predicted molar refractivity (Wildman–Crippen MR) is 90.0 cm³/mol. The Kier molecular flexibility index (Phi) is 6.73. The van der Waals surface area contributed by atoms with Crippen LogP contribution in [0.4, 0.5) is 0 Å². The van der Waals surface area contributed by atoms with Crippen LogP contribution >= 0.6 is 0 Å². The fraction of sp³-hybridized carbons (Fsp3) is 0.611. The summed E-state index contributed by atoms with van der Waals surface area (Å²) in [5, 5.41) is 30.3. The van der Waals surface area contributed by atoms with Crippen molar-refractivity contribution in [3.05, 3.63) is 35.9 Å². The molecule has 1 aliphatic heterocycles. The van der Waals surface area contributed by atoms with Gasteiger partial charge < -0.3 is 34.3 Å². The second-order valence-corrected chi connectivity index (χ2v) is 6.66. The van der Waals surface area contributed by atoms with E-state index < -0.39 is 42.3 Å². The van der Waals surface area contributed by atoms with E-state index in [2.05, 4.69) is 4.74 Å². The van der Waals surface area contributed by atoms with Gasteiger partial charge in [-0.3, -0.25) is 0 Å². The first-order valence-electron chi connectivity index (χ1n) is 8.30. The molecule has 26 heavy (non-hydrogen) atoms. The van der Waals surface area contributed by atoms with Crippen LogP contribution in [-0.2, 0) is 30.3 Å². The van der Waals surface area contributed by atoms with Crippen molar-refractivity contribution < 1.29 is 39.1 Å². The first-order chi connectivity index (χ1) is 12.2.